The summed E-state index contributed by atoms with van der Waals surface area (Å²) in [5.41, 5.74) is -0.260. The van der Waals surface area contributed by atoms with E-state index in [0.717, 1.165) is 24.8 Å². The van der Waals surface area contributed by atoms with Crippen LogP contribution in [0.15, 0.2) is 29.2 Å². The molecule has 35 heavy (non-hydrogen) atoms. The van der Waals surface area contributed by atoms with Gasteiger partial charge in [-0.1, -0.05) is 50.8 Å². The highest BCUT2D eigenvalue weighted by Gasteiger charge is 2.43. The van der Waals surface area contributed by atoms with Gasteiger partial charge in [-0.2, -0.15) is 4.72 Å². The summed E-state index contributed by atoms with van der Waals surface area (Å²) in [5, 5.41) is 12.5. The maximum Gasteiger partial charge on any atom is 0.329 e. The normalized spacial score (nSPS) is 19.8. The van der Waals surface area contributed by atoms with Gasteiger partial charge in [-0.3, -0.25) is 9.59 Å². The van der Waals surface area contributed by atoms with Gasteiger partial charge >= 0.3 is 5.97 Å². The summed E-state index contributed by atoms with van der Waals surface area (Å²) in [6.07, 6.45) is 4.19. The van der Waals surface area contributed by atoms with E-state index in [-0.39, 0.29) is 28.5 Å². The van der Waals surface area contributed by atoms with E-state index < -0.39 is 27.6 Å². The van der Waals surface area contributed by atoms with Gasteiger partial charge in [-0.05, 0) is 50.7 Å². The van der Waals surface area contributed by atoms with Gasteiger partial charge in [0.1, 0.15) is 11.6 Å². The van der Waals surface area contributed by atoms with Crippen LogP contribution in [0.25, 0.3) is 0 Å². The lowest BCUT2D eigenvalue weighted by atomic mass is 9.81. The van der Waals surface area contributed by atoms with Gasteiger partial charge in [0, 0.05) is 19.0 Å². The van der Waals surface area contributed by atoms with Gasteiger partial charge in [0.25, 0.3) is 0 Å². The van der Waals surface area contributed by atoms with Crippen molar-refractivity contribution in [1.29, 1.82) is 0 Å². The zero-order valence-corrected chi connectivity index (χ0v) is 21.6. The molecule has 2 aliphatic rings. The Morgan fingerprint density at radius 2 is 1.60 bits per heavy atom. The van der Waals surface area contributed by atoms with Crippen LogP contribution in [0, 0.1) is 18.8 Å². The minimum Gasteiger partial charge on any atom is -0.480 e. The predicted octanol–water partition coefficient (Wildman–Crippen LogP) is 2.44. The second-order valence-electron chi connectivity index (χ2n) is 10.2. The fourth-order valence-corrected chi connectivity index (χ4v) is 6.21. The minimum atomic E-state index is -3.88. The lowest BCUT2D eigenvalue weighted by Crippen LogP contribution is -2.58. The topological polar surface area (TPSA) is 133 Å². The van der Waals surface area contributed by atoms with Crippen molar-refractivity contribution in [3.63, 3.8) is 0 Å². The first-order valence-electron chi connectivity index (χ1n) is 12.4. The minimum absolute atomic E-state index is 0.104. The van der Waals surface area contributed by atoms with E-state index in [0.29, 0.717) is 38.8 Å². The van der Waals surface area contributed by atoms with Crippen LogP contribution in [0.2, 0.25) is 0 Å². The second kappa shape index (κ2) is 11.1. The van der Waals surface area contributed by atoms with Crippen LogP contribution in [0.5, 0.6) is 0 Å². The fourth-order valence-electron chi connectivity index (χ4n) is 4.87. The number of likely N-dealkylation sites (tertiary alicyclic amines) is 1. The number of benzene rings is 1. The van der Waals surface area contributed by atoms with Gasteiger partial charge in [0.05, 0.1) is 4.90 Å². The third kappa shape index (κ3) is 6.41. The summed E-state index contributed by atoms with van der Waals surface area (Å²) in [5.74, 6) is -2.23. The summed E-state index contributed by atoms with van der Waals surface area (Å²) in [7, 11) is -3.88. The summed E-state index contributed by atoms with van der Waals surface area (Å²) < 4.78 is 28.3. The molecule has 1 atom stereocenters. The molecule has 1 aliphatic carbocycles. The molecule has 3 rings (SSSR count). The maximum absolute atomic E-state index is 13.3. The molecular formula is C25H37N3O6S. The summed E-state index contributed by atoms with van der Waals surface area (Å²) in [6.45, 7) is 6.07. The van der Waals surface area contributed by atoms with Crippen molar-refractivity contribution >= 4 is 27.8 Å². The molecule has 1 saturated carbocycles. The molecule has 2 fully saturated rings. The van der Waals surface area contributed by atoms with Crippen LogP contribution in [0.4, 0.5) is 0 Å². The number of nitrogens with zero attached hydrogens (tertiary/aromatic N) is 1. The van der Waals surface area contributed by atoms with Crippen LogP contribution in [-0.4, -0.2) is 60.9 Å². The van der Waals surface area contributed by atoms with Gasteiger partial charge in [-0.15, -0.1) is 0 Å². The number of carbonyl (C=O) groups is 3. The van der Waals surface area contributed by atoms with Crippen LogP contribution in [-0.2, 0) is 24.4 Å². The number of aryl methyl sites for hydroxylation is 1. The van der Waals surface area contributed by atoms with Gasteiger partial charge in [-0.25, -0.2) is 13.2 Å². The zero-order valence-electron chi connectivity index (χ0n) is 20.7. The molecule has 0 bridgehead atoms. The number of hydrogen-bond donors (Lipinski definition) is 3. The van der Waals surface area contributed by atoms with Crippen molar-refractivity contribution in [2.75, 3.05) is 13.1 Å². The van der Waals surface area contributed by atoms with E-state index in [9.17, 15) is 27.9 Å². The Bertz CT molecular complexity index is 1020. The third-order valence-corrected chi connectivity index (χ3v) is 8.66. The number of carbonyl (C=O) groups excluding carboxylic acids is 2. The summed E-state index contributed by atoms with van der Waals surface area (Å²) >= 11 is 0. The Hall–Kier alpha value is -2.46. The van der Waals surface area contributed by atoms with E-state index in [2.05, 4.69) is 10.0 Å². The molecule has 0 spiro atoms. The Labute approximate surface area is 207 Å². The van der Waals surface area contributed by atoms with Crippen LogP contribution >= 0.6 is 0 Å². The number of piperidine rings is 1. The predicted molar refractivity (Wildman–Crippen MR) is 131 cm³/mol. The average molecular weight is 508 g/mol. The molecule has 1 aromatic carbocycles. The van der Waals surface area contributed by atoms with Crippen molar-refractivity contribution in [3.05, 3.63) is 29.8 Å². The first-order valence-corrected chi connectivity index (χ1v) is 13.9. The number of sulfonamides is 1. The molecule has 1 heterocycles. The van der Waals surface area contributed by atoms with Crippen molar-refractivity contribution in [2.24, 2.45) is 11.8 Å². The Kier molecular flexibility index (Phi) is 8.58. The fraction of sp³-hybridized carbons (Fsp3) is 0.640. The van der Waals surface area contributed by atoms with Crippen LogP contribution < -0.4 is 10.0 Å². The molecule has 2 amide bonds. The van der Waals surface area contributed by atoms with E-state index in [1.807, 2.05) is 6.92 Å². The lowest BCUT2D eigenvalue weighted by molar-refractivity contribution is -0.150. The average Bonchev–Trinajstić information content (AvgIpc) is 2.83. The van der Waals surface area contributed by atoms with Crippen molar-refractivity contribution in [2.45, 2.75) is 82.2 Å². The second-order valence-corrected chi connectivity index (χ2v) is 11.9. The molecule has 0 unspecified atom stereocenters. The highest BCUT2D eigenvalue weighted by atomic mass is 32.2. The smallest absolute Gasteiger partial charge is 0.329 e. The molecule has 1 aliphatic heterocycles. The van der Waals surface area contributed by atoms with E-state index in [1.54, 1.807) is 30.9 Å². The molecular weight excluding hydrogens is 470 g/mol. The summed E-state index contributed by atoms with van der Waals surface area (Å²) in [4.78, 5) is 39.7. The number of hydrogen-bond acceptors (Lipinski definition) is 5. The largest absolute Gasteiger partial charge is 0.480 e. The van der Waals surface area contributed by atoms with Crippen LogP contribution in [0.1, 0.15) is 64.4 Å². The molecule has 1 aromatic rings. The summed E-state index contributed by atoms with van der Waals surface area (Å²) in [6, 6.07) is 5.51. The zero-order chi connectivity index (χ0) is 25.8. The van der Waals surface area contributed by atoms with Gasteiger partial charge in [0.15, 0.2) is 0 Å². The maximum atomic E-state index is 13.3. The number of carboxylic acids is 1. The van der Waals surface area contributed by atoms with Crippen molar-refractivity contribution < 1.29 is 27.9 Å². The molecule has 10 heteroatoms. The van der Waals surface area contributed by atoms with Crippen molar-refractivity contribution in [1.82, 2.24) is 14.9 Å². The number of aliphatic carboxylic acids is 1. The van der Waals surface area contributed by atoms with Gasteiger partial charge < -0.3 is 15.3 Å². The molecule has 9 nitrogen and oxygen atoms in total. The number of rotatable bonds is 8. The monoisotopic (exact) mass is 507 g/mol. The highest BCUT2D eigenvalue weighted by molar-refractivity contribution is 7.89. The number of nitrogens with one attached hydrogen (secondary N) is 2. The molecule has 1 saturated heterocycles. The number of amides is 2. The quantitative estimate of drug-likeness (QED) is 0.495. The molecule has 0 aromatic heterocycles. The number of carboxylic acid groups (broad SMARTS) is 1. The molecule has 3 N–H and O–H groups in total. The van der Waals surface area contributed by atoms with E-state index in [4.69, 9.17) is 0 Å². The molecule has 0 radical (unpaired) electrons. The standard InChI is InChI=1S/C25H37N3O6S/c1-17(2)21(27-35(33,34)20-9-7-18(3)8-10-20)23(30)28-15-11-19(12-16-28)22(29)26-25(24(31)32)13-5-4-6-14-25/h7-10,17,19,21,27H,4-6,11-16H2,1-3H3,(H,26,29)(H,31,32)/t21-/m0/s1. The van der Waals surface area contributed by atoms with Crippen LogP contribution in [0.3, 0.4) is 0 Å². The molecule has 194 valence electrons. The Morgan fingerprint density at radius 3 is 2.11 bits per heavy atom. The van der Waals surface area contributed by atoms with E-state index in [1.165, 1.54) is 12.1 Å². The first-order chi connectivity index (χ1) is 16.4. The highest BCUT2D eigenvalue weighted by Crippen LogP contribution is 2.30. The van der Waals surface area contributed by atoms with Gasteiger partial charge in [0.2, 0.25) is 21.8 Å². The third-order valence-electron chi connectivity index (χ3n) is 7.20. The Balaban J connectivity index is 1.61. The van der Waals surface area contributed by atoms with Crippen molar-refractivity contribution in [3.8, 4) is 0 Å². The lowest BCUT2D eigenvalue weighted by Gasteiger charge is -2.38. The first kappa shape index (κ1) is 27.1. The van der Waals surface area contributed by atoms with E-state index >= 15 is 0 Å². The Morgan fingerprint density at radius 1 is 1.03 bits per heavy atom. The SMILES string of the molecule is Cc1ccc(S(=O)(=O)N[C@H](C(=O)N2CCC(C(=O)NC3(C(=O)O)CCCCC3)CC2)C(C)C)cc1.